The van der Waals surface area contributed by atoms with Crippen LogP contribution in [0.3, 0.4) is 0 Å². The lowest BCUT2D eigenvalue weighted by molar-refractivity contribution is -0.209. The first-order chi connectivity index (χ1) is 10.5. The number of carboxylic acids is 1. The van der Waals surface area contributed by atoms with Gasteiger partial charge in [0, 0.05) is 0 Å². The fourth-order valence-corrected chi connectivity index (χ4v) is 3.16. The van der Waals surface area contributed by atoms with Gasteiger partial charge in [0.25, 0.3) is 0 Å². The number of aromatic amines is 1. The van der Waals surface area contributed by atoms with Gasteiger partial charge in [0.1, 0.15) is 40.6 Å². The van der Waals surface area contributed by atoms with Crippen LogP contribution in [0.25, 0.3) is 11.2 Å². The molecule has 1 aliphatic rings. The summed E-state index contributed by atoms with van der Waals surface area (Å²) >= 11 is 0.905. The molecule has 0 saturated carbocycles. The lowest BCUT2D eigenvalue weighted by atomic mass is 10.0. The predicted molar refractivity (Wildman–Crippen MR) is 76.9 cm³/mol. The highest BCUT2D eigenvalue weighted by molar-refractivity contribution is 8.00. The van der Waals surface area contributed by atoms with E-state index in [4.69, 9.17) is 9.84 Å². The molecule has 3 heterocycles. The van der Waals surface area contributed by atoms with Crippen LogP contribution in [0.1, 0.15) is 0 Å². The van der Waals surface area contributed by atoms with E-state index in [-0.39, 0.29) is 6.15 Å². The number of ether oxygens (including phenoxy) is 1. The first-order valence-electron chi connectivity index (χ1n) is 6.22. The van der Waals surface area contributed by atoms with E-state index in [0.717, 1.165) is 11.8 Å². The maximum absolute atomic E-state index is 11.1. The first kappa shape index (κ1) is 17.5. The van der Waals surface area contributed by atoms with Gasteiger partial charge < -0.3 is 36.3 Å². The highest BCUT2D eigenvalue weighted by Gasteiger charge is 2.47. The molecule has 0 aliphatic carbocycles. The Morgan fingerprint density at radius 2 is 1.91 bits per heavy atom. The average molecular weight is 345 g/mol. The minimum atomic E-state index is -1.72. The Hall–Kier alpha value is -1.83. The molecule has 8 N–H and O–H groups in total. The molecule has 0 spiro atoms. The van der Waals surface area contributed by atoms with Gasteiger partial charge in [-0.3, -0.25) is 0 Å². The molecule has 5 atom stereocenters. The number of fused-ring (bicyclic) bond motifs is 1. The SMILES string of the molecule is N.O=C(O)C1OC(Sc2ncnc3nc[nH]c23)C(O)C(O)C1O. The van der Waals surface area contributed by atoms with Gasteiger partial charge >= 0.3 is 5.97 Å². The van der Waals surface area contributed by atoms with Gasteiger partial charge in [0.2, 0.25) is 0 Å². The summed E-state index contributed by atoms with van der Waals surface area (Å²) in [6, 6.07) is 0. The number of aliphatic carboxylic acids is 1. The summed E-state index contributed by atoms with van der Waals surface area (Å²) in [4.78, 5) is 25.8. The van der Waals surface area contributed by atoms with Gasteiger partial charge in [0.05, 0.1) is 6.33 Å². The number of carboxylic acid groups (broad SMARTS) is 1. The van der Waals surface area contributed by atoms with Crippen LogP contribution >= 0.6 is 11.8 Å². The molecule has 11 nitrogen and oxygen atoms in total. The van der Waals surface area contributed by atoms with Crippen LogP contribution in [0.2, 0.25) is 0 Å². The van der Waals surface area contributed by atoms with E-state index in [2.05, 4.69) is 19.9 Å². The first-order valence-corrected chi connectivity index (χ1v) is 7.10. The predicted octanol–water partition coefficient (Wildman–Crippen LogP) is -1.50. The molecule has 1 fully saturated rings. The summed E-state index contributed by atoms with van der Waals surface area (Å²) in [6.45, 7) is 0. The van der Waals surface area contributed by atoms with E-state index >= 15 is 0 Å². The number of H-pyrrole nitrogens is 1. The van der Waals surface area contributed by atoms with Crippen LogP contribution in [0.15, 0.2) is 17.7 Å². The number of thioether (sulfide) groups is 1. The van der Waals surface area contributed by atoms with Gasteiger partial charge in [-0.2, -0.15) is 0 Å². The molecule has 3 rings (SSSR count). The minimum Gasteiger partial charge on any atom is -0.479 e. The number of aromatic nitrogens is 4. The topological polar surface area (TPSA) is 197 Å². The molecule has 0 radical (unpaired) electrons. The third kappa shape index (κ3) is 3.12. The lowest BCUT2D eigenvalue weighted by Gasteiger charge is -2.38. The fraction of sp³-hybridized carbons (Fsp3) is 0.455. The largest absolute Gasteiger partial charge is 0.479 e. The van der Waals surface area contributed by atoms with Gasteiger partial charge in [0.15, 0.2) is 11.8 Å². The van der Waals surface area contributed by atoms with Crippen LogP contribution in [-0.4, -0.2) is 76.2 Å². The second-order valence-electron chi connectivity index (χ2n) is 4.63. The van der Waals surface area contributed by atoms with Crippen molar-refractivity contribution in [3.63, 3.8) is 0 Å². The Balaban J connectivity index is 0.00000192. The fourth-order valence-electron chi connectivity index (χ4n) is 2.09. The van der Waals surface area contributed by atoms with Gasteiger partial charge in [-0.15, -0.1) is 0 Å². The Morgan fingerprint density at radius 3 is 2.61 bits per heavy atom. The van der Waals surface area contributed by atoms with E-state index in [1.165, 1.54) is 12.7 Å². The maximum Gasteiger partial charge on any atom is 0.335 e. The molecule has 0 amide bonds. The quantitative estimate of drug-likeness (QED) is 0.354. The van der Waals surface area contributed by atoms with Crippen molar-refractivity contribution in [2.75, 3.05) is 0 Å². The minimum absolute atomic E-state index is 0. The van der Waals surface area contributed by atoms with Crippen molar-refractivity contribution in [3.05, 3.63) is 12.7 Å². The molecular weight excluding hydrogens is 330 g/mol. The Morgan fingerprint density at radius 1 is 1.17 bits per heavy atom. The summed E-state index contributed by atoms with van der Waals surface area (Å²) in [6.07, 6.45) is -3.81. The molecule has 1 saturated heterocycles. The third-order valence-corrected chi connectivity index (χ3v) is 4.38. The number of nitrogens with one attached hydrogen (secondary N) is 1. The van der Waals surface area contributed by atoms with Crippen molar-refractivity contribution in [1.82, 2.24) is 26.1 Å². The molecule has 12 heteroatoms. The molecule has 126 valence electrons. The van der Waals surface area contributed by atoms with E-state index in [9.17, 15) is 20.1 Å². The van der Waals surface area contributed by atoms with Crippen molar-refractivity contribution in [1.29, 1.82) is 0 Å². The number of rotatable bonds is 3. The number of hydrogen-bond donors (Lipinski definition) is 6. The Labute approximate surface area is 133 Å². The number of nitrogens with zero attached hydrogens (tertiary/aromatic N) is 3. The number of aliphatic hydroxyl groups is 3. The van der Waals surface area contributed by atoms with Crippen LogP contribution in [0.4, 0.5) is 0 Å². The average Bonchev–Trinajstić information content (AvgIpc) is 2.97. The molecule has 2 aromatic rings. The van der Waals surface area contributed by atoms with Crippen LogP contribution in [0.5, 0.6) is 0 Å². The highest BCUT2D eigenvalue weighted by atomic mass is 32.2. The molecule has 0 aromatic carbocycles. The summed E-state index contributed by atoms with van der Waals surface area (Å²) in [7, 11) is 0. The molecule has 2 aromatic heterocycles. The smallest absolute Gasteiger partial charge is 0.335 e. The maximum atomic E-state index is 11.1. The van der Waals surface area contributed by atoms with Gasteiger partial charge in [-0.05, 0) is 0 Å². The Kier molecular flexibility index (Phi) is 5.13. The van der Waals surface area contributed by atoms with Gasteiger partial charge in [-0.25, -0.2) is 19.7 Å². The molecule has 23 heavy (non-hydrogen) atoms. The van der Waals surface area contributed by atoms with Crippen molar-refractivity contribution in [3.8, 4) is 0 Å². The zero-order valence-electron chi connectivity index (χ0n) is 11.6. The van der Waals surface area contributed by atoms with Crippen molar-refractivity contribution in [2.24, 2.45) is 0 Å². The molecule has 5 unspecified atom stereocenters. The number of carbonyl (C=O) groups is 1. The van der Waals surface area contributed by atoms with Crippen LogP contribution in [0, 0.1) is 0 Å². The number of hydrogen-bond acceptors (Lipinski definition) is 10. The molecule has 0 bridgehead atoms. The van der Waals surface area contributed by atoms with Crippen molar-refractivity contribution in [2.45, 2.75) is 34.9 Å². The molecular formula is C11H15N5O6S. The second kappa shape index (κ2) is 6.74. The van der Waals surface area contributed by atoms with Crippen molar-refractivity contribution >= 4 is 28.9 Å². The summed E-state index contributed by atoms with van der Waals surface area (Å²) < 4.78 is 5.18. The monoisotopic (exact) mass is 345 g/mol. The van der Waals surface area contributed by atoms with E-state index < -0.39 is 35.8 Å². The zero-order valence-corrected chi connectivity index (χ0v) is 12.4. The van der Waals surface area contributed by atoms with Crippen molar-refractivity contribution < 1.29 is 30.0 Å². The normalized spacial score (nSPS) is 30.8. The second-order valence-corrected chi connectivity index (χ2v) is 5.72. The Bertz CT molecular complexity index is 698. The summed E-state index contributed by atoms with van der Waals surface area (Å²) in [5.74, 6) is -1.43. The van der Waals surface area contributed by atoms with Gasteiger partial charge in [-0.1, -0.05) is 11.8 Å². The van der Waals surface area contributed by atoms with E-state index in [1.807, 2.05) is 0 Å². The standard InChI is InChI=1S/C11H12N4O6S.H3N/c16-4-5(17)7(10(19)20)21-11(6(4)18)22-9-3-8(13-1-12-3)14-2-15-9;/h1-2,4-7,11,16-18H,(H,19,20)(H,12,13,14,15);1H3. The van der Waals surface area contributed by atoms with Crippen LogP contribution in [-0.2, 0) is 9.53 Å². The van der Waals surface area contributed by atoms with E-state index in [0.29, 0.717) is 16.2 Å². The molecule has 1 aliphatic heterocycles. The zero-order chi connectivity index (χ0) is 15.9. The lowest BCUT2D eigenvalue weighted by Crippen LogP contribution is -2.58. The summed E-state index contributed by atoms with van der Waals surface area (Å²) in [5, 5.41) is 38.8. The van der Waals surface area contributed by atoms with E-state index in [1.54, 1.807) is 0 Å². The number of imidazole rings is 1. The van der Waals surface area contributed by atoms with Crippen LogP contribution < -0.4 is 6.15 Å². The third-order valence-electron chi connectivity index (χ3n) is 3.23. The number of aliphatic hydroxyl groups excluding tert-OH is 3. The highest BCUT2D eigenvalue weighted by Crippen LogP contribution is 2.34. The summed E-state index contributed by atoms with van der Waals surface area (Å²) in [5.41, 5.74) is -0.227.